The molecule has 0 bridgehead atoms. The van der Waals surface area contributed by atoms with E-state index in [4.69, 9.17) is 9.47 Å². The molecule has 2 aliphatic carbocycles. The van der Waals surface area contributed by atoms with Crippen molar-refractivity contribution in [2.45, 2.75) is 56.2 Å². The molecule has 1 aliphatic heterocycles. The average Bonchev–Trinajstić information content (AvgIpc) is 3.09. The Balaban J connectivity index is 1.72. The summed E-state index contributed by atoms with van der Waals surface area (Å²) >= 11 is 0. The van der Waals surface area contributed by atoms with Gasteiger partial charge >= 0.3 is 12.2 Å². The topological polar surface area (TPSA) is 79.8 Å². The van der Waals surface area contributed by atoms with E-state index in [1.165, 1.54) is 12.1 Å². The van der Waals surface area contributed by atoms with Gasteiger partial charge in [-0.1, -0.05) is 6.07 Å². The van der Waals surface area contributed by atoms with Crippen LogP contribution in [0.15, 0.2) is 18.2 Å². The number of aliphatic hydroxyl groups excluding tert-OH is 1. The van der Waals surface area contributed by atoms with Gasteiger partial charge in [-0.3, -0.25) is 0 Å². The first-order valence-electron chi connectivity index (χ1n) is 9.32. The smallest absolute Gasteiger partial charge is 0.422 e. The molecular formula is C19H23F3N2O4. The Morgan fingerprint density at radius 1 is 1.29 bits per heavy atom. The van der Waals surface area contributed by atoms with Crippen LogP contribution in [0.5, 0.6) is 5.75 Å². The molecule has 1 saturated carbocycles. The van der Waals surface area contributed by atoms with Crippen molar-refractivity contribution in [3.05, 3.63) is 29.3 Å². The molecule has 1 aromatic carbocycles. The van der Waals surface area contributed by atoms with Crippen LogP contribution >= 0.6 is 0 Å². The van der Waals surface area contributed by atoms with Gasteiger partial charge in [0.05, 0.1) is 6.10 Å². The van der Waals surface area contributed by atoms with Crippen molar-refractivity contribution in [1.29, 1.82) is 0 Å². The fraction of sp³-hybridized carbons (Fsp3) is 0.632. The number of aliphatic hydroxyl groups is 1. The second-order valence-corrected chi connectivity index (χ2v) is 7.92. The van der Waals surface area contributed by atoms with E-state index >= 15 is 0 Å². The maximum Gasteiger partial charge on any atom is 0.422 e. The number of alkyl halides is 3. The van der Waals surface area contributed by atoms with Crippen molar-refractivity contribution in [2.75, 3.05) is 13.7 Å². The highest BCUT2D eigenvalue weighted by Crippen LogP contribution is 2.60. The molecule has 0 aromatic heterocycles. The van der Waals surface area contributed by atoms with Crippen LogP contribution in [0.3, 0.4) is 0 Å². The third-order valence-corrected chi connectivity index (χ3v) is 6.49. The lowest BCUT2D eigenvalue weighted by atomic mass is 9.61. The number of nitrogens with one attached hydrogen (secondary N) is 2. The van der Waals surface area contributed by atoms with Crippen LogP contribution in [-0.4, -0.2) is 43.4 Å². The van der Waals surface area contributed by atoms with Gasteiger partial charge in [0.25, 0.3) is 0 Å². The quantitative estimate of drug-likeness (QED) is 0.729. The molecule has 3 N–H and O–H groups in total. The number of rotatable bonds is 3. The summed E-state index contributed by atoms with van der Waals surface area (Å²) in [6, 6.07) is 4.27. The first-order chi connectivity index (χ1) is 13.2. The van der Waals surface area contributed by atoms with Crippen LogP contribution < -0.4 is 15.4 Å². The number of carbonyl (C=O) groups is 1. The van der Waals surface area contributed by atoms with Crippen molar-refractivity contribution in [3.8, 4) is 5.75 Å². The van der Waals surface area contributed by atoms with E-state index in [9.17, 15) is 23.1 Å². The van der Waals surface area contributed by atoms with E-state index in [-0.39, 0.29) is 11.9 Å². The normalized spacial score (nSPS) is 34.4. The minimum atomic E-state index is -4.45. The number of urea groups is 1. The number of benzene rings is 1. The Bertz CT molecular complexity index is 777. The molecule has 1 saturated heterocycles. The van der Waals surface area contributed by atoms with Gasteiger partial charge in [-0.05, 0) is 55.4 Å². The molecule has 154 valence electrons. The van der Waals surface area contributed by atoms with Crippen molar-refractivity contribution in [3.63, 3.8) is 0 Å². The molecule has 1 aromatic rings. The molecule has 2 unspecified atom stereocenters. The molecule has 2 spiro atoms. The monoisotopic (exact) mass is 400 g/mol. The number of methoxy groups -OCH3 is 1. The highest BCUT2D eigenvalue weighted by Gasteiger charge is 2.65. The number of hydrogen-bond donors (Lipinski definition) is 3. The standard InChI is InChI=1S/C19H23F3N2O4/c1-27-12-4-6-17(7-5-12)9-11-2-3-13(28-10-18(20,21)22)8-14(11)19(17)15(25)23-16(26)24-19/h2-3,8,12,15,25H,4-7,9-10H2,1H3,(H2,23,24,26). The molecule has 2 amide bonds. The fourth-order valence-electron chi connectivity index (χ4n) is 5.23. The third-order valence-electron chi connectivity index (χ3n) is 6.49. The minimum absolute atomic E-state index is 0.0615. The van der Waals surface area contributed by atoms with Crippen molar-refractivity contribution >= 4 is 6.03 Å². The highest BCUT2D eigenvalue weighted by atomic mass is 19.4. The number of carbonyl (C=O) groups excluding carboxylic acids is 1. The Hall–Kier alpha value is -2.00. The largest absolute Gasteiger partial charge is 0.484 e. The van der Waals surface area contributed by atoms with Gasteiger partial charge in [0.1, 0.15) is 11.3 Å². The zero-order chi connectivity index (χ0) is 20.2. The number of hydrogen-bond acceptors (Lipinski definition) is 4. The average molecular weight is 400 g/mol. The summed E-state index contributed by atoms with van der Waals surface area (Å²) < 4.78 is 48.0. The van der Waals surface area contributed by atoms with Crippen LogP contribution in [0.2, 0.25) is 0 Å². The van der Waals surface area contributed by atoms with Crippen LogP contribution in [0.25, 0.3) is 0 Å². The summed E-state index contributed by atoms with van der Waals surface area (Å²) in [6.07, 6.45) is -1.87. The summed E-state index contributed by atoms with van der Waals surface area (Å²) in [5.41, 5.74) is -0.0198. The van der Waals surface area contributed by atoms with E-state index in [1.54, 1.807) is 13.2 Å². The minimum Gasteiger partial charge on any atom is -0.484 e. The van der Waals surface area contributed by atoms with Crippen LogP contribution in [-0.2, 0) is 16.7 Å². The second-order valence-electron chi connectivity index (χ2n) is 7.92. The van der Waals surface area contributed by atoms with Gasteiger partial charge in [0, 0.05) is 12.5 Å². The summed E-state index contributed by atoms with van der Waals surface area (Å²) in [7, 11) is 1.67. The zero-order valence-electron chi connectivity index (χ0n) is 15.4. The maximum absolute atomic E-state index is 12.5. The lowest BCUT2D eigenvalue weighted by Gasteiger charge is -2.48. The third kappa shape index (κ3) is 2.91. The molecule has 28 heavy (non-hydrogen) atoms. The molecule has 6 nitrogen and oxygen atoms in total. The van der Waals surface area contributed by atoms with E-state index in [1.807, 2.05) is 0 Å². The van der Waals surface area contributed by atoms with E-state index in [2.05, 4.69) is 10.6 Å². The predicted molar refractivity (Wildman–Crippen MR) is 92.7 cm³/mol. The fourth-order valence-corrected chi connectivity index (χ4v) is 5.23. The molecule has 2 fully saturated rings. The number of halogens is 3. The summed E-state index contributed by atoms with van der Waals surface area (Å²) in [5, 5.41) is 16.3. The molecule has 0 radical (unpaired) electrons. The van der Waals surface area contributed by atoms with Gasteiger partial charge in [0.2, 0.25) is 0 Å². The Labute approximate surface area is 160 Å². The number of fused-ring (bicyclic) bond motifs is 3. The van der Waals surface area contributed by atoms with Crippen LogP contribution in [0.1, 0.15) is 36.8 Å². The van der Waals surface area contributed by atoms with Gasteiger partial charge in [-0.25, -0.2) is 4.79 Å². The summed E-state index contributed by atoms with van der Waals surface area (Å²) in [5.74, 6) is 0.0615. The summed E-state index contributed by atoms with van der Waals surface area (Å²) in [4.78, 5) is 12.1. The van der Waals surface area contributed by atoms with Gasteiger partial charge in [0.15, 0.2) is 12.8 Å². The Morgan fingerprint density at radius 3 is 2.57 bits per heavy atom. The highest BCUT2D eigenvalue weighted by molar-refractivity contribution is 5.80. The van der Waals surface area contributed by atoms with Crippen LogP contribution in [0, 0.1) is 5.41 Å². The van der Waals surface area contributed by atoms with Crippen LogP contribution in [0.4, 0.5) is 18.0 Å². The molecular weight excluding hydrogens is 377 g/mol. The van der Waals surface area contributed by atoms with Crippen molar-refractivity contribution in [1.82, 2.24) is 10.6 Å². The van der Waals surface area contributed by atoms with E-state index in [0.717, 1.165) is 31.2 Å². The first kappa shape index (κ1) is 19.3. The molecule has 3 aliphatic rings. The molecule has 2 atom stereocenters. The Kier molecular flexibility index (Phi) is 4.50. The maximum atomic E-state index is 12.5. The molecule has 4 rings (SSSR count). The first-order valence-corrected chi connectivity index (χ1v) is 9.32. The van der Waals surface area contributed by atoms with Crippen molar-refractivity contribution in [2.24, 2.45) is 5.41 Å². The molecule has 9 heteroatoms. The lowest BCUT2D eigenvalue weighted by molar-refractivity contribution is -0.153. The van der Waals surface area contributed by atoms with Gasteiger partial charge in [-0.2, -0.15) is 13.2 Å². The Morgan fingerprint density at radius 2 is 2.00 bits per heavy atom. The van der Waals surface area contributed by atoms with Gasteiger partial charge in [-0.15, -0.1) is 0 Å². The lowest BCUT2D eigenvalue weighted by Crippen LogP contribution is -2.58. The number of ether oxygens (including phenoxy) is 2. The SMILES string of the molecule is COC1CCC2(CC1)Cc1ccc(OCC(F)(F)F)cc1C21NC(=O)NC1O. The predicted octanol–water partition coefficient (Wildman–Crippen LogP) is 2.59. The molecule has 1 heterocycles. The summed E-state index contributed by atoms with van der Waals surface area (Å²) in [6.45, 7) is -1.40. The van der Waals surface area contributed by atoms with E-state index < -0.39 is 36.0 Å². The second kappa shape index (κ2) is 6.52. The zero-order valence-corrected chi connectivity index (χ0v) is 15.4. The number of amides is 2. The van der Waals surface area contributed by atoms with Crippen molar-refractivity contribution < 1.29 is 32.5 Å². The van der Waals surface area contributed by atoms with E-state index in [0.29, 0.717) is 12.0 Å². The van der Waals surface area contributed by atoms with Gasteiger partial charge < -0.3 is 25.2 Å².